The zero-order valence-electron chi connectivity index (χ0n) is 24.9. The van der Waals surface area contributed by atoms with Crippen LogP contribution in [-0.4, -0.2) is 24.6 Å². The summed E-state index contributed by atoms with van der Waals surface area (Å²) in [5.74, 6) is 1.34. The van der Waals surface area contributed by atoms with Gasteiger partial charge in [-0.1, -0.05) is 51.5 Å². The first-order valence-corrected chi connectivity index (χ1v) is 15.6. The molecule has 3 atom stereocenters. The summed E-state index contributed by atoms with van der Waals surface area (Å²) in [6, 6.07) is 14.8. The van der Waals surface area contributed by atoms with Gasteiger partial charge < -0.3 is 14.8 Å². The molecule has 0 fully saturated rings. The first-order chi connectivity index (χ1) is 19.7. The van der Waals surface area contributed by atoms with Crippen LogP contribution in [0.15, 0.2) is 57.1 Å². The zero-order valence-corrected chi connectivity index (χ0v) is 26.5. The van der Waals surface area contributed by atoms with Gasteiger partial charge in [0.2, 0.25) is 0 Å². The lowest BCUT2D eigenvalue weighted by atomic mass is 9.70. The molecule has 0 amide bonds. The molecule has 1 aliphatic carbocycles. The molecule has 0 saturated carbocycles. The number of aliphatic imine (C=N–C) groups is 1. The molecule has 0 bridgehead atoms. The summed E-state index contributed by atoms with van der Waals surface area (Å²) in [5, 5.41) is 13.7. The van der Waals surface area contributed by atoms with E-state index in [1.54, 1.807) is 0 Å². The van der Waals surface area contributed by atoms with Gasteiger partial charge in [0.05, 0.1) is 23.1 Å². The minimum absolute atomic E-state index is 0.114. The predicted molar refractivity (Wildman–Crippen MR) is 167 cm³/mol. The van der Waals surface area contributed by atoms with Gasteiger partial charge in [0, 0.05) is 35.9 Å². The highest BCUT2D eigenvalue weighted by molar-refractivity contribution is 9.10. The van der Waals surface area contributed by atoms with Crippen molar-refractivity contribution in [3.63, 3.8) is 0 Å². The van der Waals surface area contributed by atoms with E-state index in [0.717, 1.165) is 59.4 Å². The Morgan fingerprint density at radius 2 is 1.93 bits per heavy atom. The van der Waals surface area contributed by atoms with Crippen LogP contribution in [0.1, 0.15) is 82.9 Å². The van der Waals surface area contributed by atoms with Crippen LogP contribution in [0.4, 0.5) is 0 Å². The molecule has 3 unspecified atom stereocenters. The highest BCUT2D eigenvalue weighted by atomic mass is 79.9. The van der Waals surface area contributed by atoms with E-state index in [4.69, 9.17) is 14.5 Å². The van der Waals surface area contributed by atoms with Gasteiger partial charge in [0.1, 0.15) is 6.61 Å². The summed E-state index contributed by atoms with van der Waals surface area (Å²) < 4.78 is 13.1. The Balaban J connectivity index is 1.63. The monoisotopic (exact) mass is 619 g/mol. The van der Waals surface area contributed by atoms with Gasteiger partial charge in [-0.15, -0.1) is 0 Å². The lowest BCUT2D eigenvalue weighted by Crippen LogP contribution is -2.32. The summed E-state index contributed by atoms with van der Waals surface area (Å²) >= 11 is 3.73. The van der Waals surface area contributed by atoms with Crippen LogP contribution in [-0.2, 0) is 17.9 Å². The maximum absolute atomic E-state index is 13.5. The number of halogens is 1. The molecule has 0 saturated heterocycles. The van der Waals surface area contributed by atoms with E-state index in [9.17, 15) is 10.1 Å². The molecular formula is C34H42BrN3O3. The van der Waals surface area contributed by atoms with E-state index in [2.05, 4.69) is 72.4 Å². The quantitative estimate of drug-likeness (QED) is 0.261. The van der Waals surface area contributed by atoms with Gasteiger partial charge in [-0.2, -0.15) is 5.26 Å². The Morgan fingerprint density at radius 1 is 1.15 bits per heavy atom. The van der Waals surface area contributed by atoms with Crippen molar-refractivity contribution in [3.05, 3.63) is 68.8 Å². The summed E-state index contributed by atoms with van der Waals surface area (Å²) in [7, 11) is 0. The third-order valence-electron chi connectivity index (χ3n) is 7.76. The van der Waals surface area contributed by atoms with Gasteiger partial charge >= 0.3 is 0 Å². The number of rotatable bonds is 12. The highest BCUT2D eigenvalue weighted by Crippen LogP contribution is 2.48. The third-order valence-corrected chi connectivity index (χ3v) is 8.35. The van der Waals surface area contributed by atoms with Crippen LogP contribution >= 0.6 is 15.9 Å². The van der Waals surface area contributed by atoms with Crippen molar-refractivity contribution < 1.29 is 14.3 Å². The molecule has 4 rings (SSSR count). The van der Waals surface area contributed by atoms with Crippen molar-refractivity contribution in [1.29, 1.82) is 5.26 Å². The Morgan fingerprint density at radius 3 is 2.63 bits per heavy atom. The van der Waals surface area contributed by atoms with E-state index in [1.165, 1.54) is 5.56 Å². The molecule has 218 valence electrons. The number of Topliss-reactive ketones (excluding diaryl/α,β-unsaturated/α-hetero) is 1. The maximum atomic E-state index is 13.5. The fraction of sp³-hybridized carbons (Fsp3) is 0.500. The number of nitrogens with zero attached hydrogens (tertiary/aromatic N) is 2. The van der Waals surface area contributed by atoms with Crippen LogP contribution in [0.2, 0.25) is 0 Å². The fourth-order valence-corrected chi connectivity index (χ4v) is 6.51. The topological polar surface area (TPSA) is 83.7 Å². The van der Waals surface area contributed by atoms with Crippen LogP contribution in [0.3, 0.4) is 0 Å². The number of ketones is 1. The molecule has 1 aliphatic heterocycles. The average Bonchev–Trinajstić information content (AvgIpc) is 2.92. The SMILES string of the molecule is CCCC1CC(=O)C2=C(C1)N=C(C)C(C#N)C2c1cc(Br)c(OCc2cccc(CNCC(C)C)c2)c(OCC)c1. The van der Waals surface area contributed by atoms with Crippen molar-refractivity contribution >= 4 is 27.4 Å². The van der Waals surface area contributed by atoms with Crippen molar-refractivity contribution in [3.8, 4) is 17.6 Å². The summed E-state index contributed by atoms with van der Waals surface area (Å²) in [5.41, 5.74) is 5.46. The van der Waals surface area contributed by atoms with E-state index in [1.807, 2.05) is 26.0 Å². The summed E-state index contributed by atoms with van der Waals surface area (Å²) in [6.45, 7) is 13.0. The molecule has 2 aromatic rings. The van der Waals surface area contributed by atoms with Crippen LogP contribution < -0.4 is 14.8 Å². The normalized spacial score (nSPS) is 20.5. The molecule has 2 aliphatic rings. The first-order valence-electron chi connectivity index (χ1n) is 14.8. The van der Waals surface area contributed by atoms with E-state index in [0.29, 0.717) is 48.5 Å². The molecular weight excluding hydrogens is 578 g/mol. The summed E-state index contributed by atoms with van der Waals surface area (Å²) in [4.78, 5) is 18.3. The second kappa shape index (κ2) is 14.3. The maximum Gasteiger partial charge on any atom is 0.175 e. The standard InChI is InChI=1S/C34H42BrN3O3/c1-6-9-23-13-29-33(30(39)14-23)32(27(17-36)22(5)38-29)26-15-28(35)34(31(16-26)40-7-2)41-20-25-11-8-10-24(12-25)19-37-18-21(3)4/h8,10-12,15-16,21,23,27,32,37H,6-7,9,13-14,18-20H2,1-5H3. The Hall–Kier alpha value is -2.95. The molecule has 0 radical (unpaired) electrons. The van der Waals surface area contributed by atoms with Gasteiger partial charge in [-0.05, 0) is 89.8 Å². The van der Waals surface area contributed by atoms with Gasteiger partial charge in [0.25, 0.3) is 0 Å². The van der Waals surface area contributed by atoms with Crippen molar-refractivity contribution in [1.82, 2.24) is 5.32 Å². The molecule has 41 heavy (non-hydrogen) atoms. The van der Waals surface area contributed by atoms with E-state index < -0.39 is 5.92 Å². The Labute approximate surface area is 253 Å². The van der Waals surface area contributed by atoms with Crippen LogP contribution in [0, 0.1) is 29.1 Å². The van der Waals surface area contributed by atoms with Crippen LogP contribution in [0.5, 0.6) is 11.5 Å². The van der Waals surface area contributed by atoms with Crippen molar-refractivity contribution in [2.75, 3.05) is 13.2 Å². The number of nitrogens with one attached hydrogen (secondary N) is 1. The number of allylic oxidation sites excluding steroid dienone is 2. The zero-order chi connectivity index (χ0) is 29.5. The smallest absolute Gasteiger partial charge is 0.175 e. The van der Waals surface area contributed by atoms with Gasteiger partial charge in [-0.3, -0.25) is 9.79 Å². The first kappa shape index (κ1) is 31.0. The molecule has 1 heterocycles. The predicted octanol–water partition coefficient (Wildman–Crippen LogP) is 7.90. The van der Waals surface area contributed by atoms with Crippen molar-refractivity contribution in [2.45, 2.75) is 79.4 Å². The Bertz CT molecular complexity index is 1360. The highest BCUT2D eigenvalue weighted by Gasteiger charge is 2.41. The lowest BCUT2D eigenvalue weighted by molar-refractivity contribution is -0.117. The number of hydrogen-bond acceptors (Lipinski definition) is 6. The average molecular weight is 621 g/mol. The van der Waals surface area contributed by atoms with Crippen molar-refractivity contribution in [2.24, 2.45) is 22.7 Å². The van der Waals surface area contributed by atoms with Crippen LogP contribution in [0.25, 0.3) is 0 Å². The summed E-state index contributed by atoms with van der Waals surface area (Å²) in [6.07, 6.45) is 3.35. The van der Waals surface area contributed by atoms with Gasteiger partial charge in [-0.25, -0.2) is 0 Å². The largest absolute Gasteiger partial charge is 0.490 e. The third kappa shape index (κ3) is 7.47. The number of carbonyl (C=O) groups is 1. The molecule has 6 nitrogen and oxygen atoms in total. The number of ether oxygens (including phenoxy) is 2. The van der Waals surface area contributed by atoms with Gasteiger partial charge in [0.15, 0.2) is 17.3 Å². The second-order valence-electron chi connectivity index (χ2n) is 11.6. The number of nitriles is 1. The molecule has 1 N–H and O–H groups in total. The number of benzene rings is 2. The fourth-order valence-electron chi connectivity index (χ4n) is 5.94. The Kier molecular flexibility index (Phi) is 10.8. The molecule has 7 heteroatoms. The molecule has 0 spiro atoms. The van der Waals surface area contributed by atoms with E-state index >= 15 is 0 Å². The van der Waals surface area contributed by atoms with E-state index in [-0.39, 0.29) is 11.7 Å². The second-order valence-corrected chi connectivity index (χ2v) is 12.4. The number of hydrogen-bond donors (Lipinski definition) is 1. The minimum Gasteiger partial charge on any atom is -0.490 e. The number of carbonyl (C=O) groups excluding carboxylic acids is 1. The molecule has 2 aromatic carbocycles. The lowest BCUT2D eigenvalue weighted by Gasteiger charge is -2.35. The molecule has 0 aromatic heterocycles. The minimum atomic E-state index is -0.513.